The number of aromatic nitrogens is 5. The number of carbonyl (C=O) groups excluding carboxylic acids is 1. The standard InChI is InChI=1S/C17H18N6O2/c1-21-14(10-19-20-21)17(25-2)11-23(12-17)16(24)13-5-6-18-15(9-13)22-7-3-4-8-22/h3-10H,11-12H2,1-2H3. The van der Waals surface area contributed by atoms with E-state index in [1.807, 2.05) is 36.1 Å². The quantitative estimate of drug-likeness (QED) is 0.709. The van der Waals surface area contributed by atoms with Gasteiger partial charge in [-0.15, -0.1) is 5.10 Å². The average molecular weight is 338 g/mol. The van der Waals surface area contributed by atoms with Gasteiger partial charge in [-0.1, -0.05) is 5.21 Å². The van der Waals surface area contributed by atoms with E-state index in [1.165, 1.54) is 0 Å². The van der Waals surface area contributed by atoms with Gasteiger partial charge in [0.2, 0.25) is 0 Å². The maximum atomic E-state index is 12.8. The first-order valence-corrected chi connectivity index (χ1v) is 7.92. The van der Waals surface area contributed by atoms with Crippen LogP contribution in [0.1, 0.15) is 16.1 Å². The summed E-state index contributed by atoms with van der Waals surface area (Å²) in [5.74, 6) is 0.670. The molecular formula is C17H18N6O2. The predicted octanol–water partition coefficient (Wildman–Crippen LogP) is 0.998. The van der Waals surface area contributed by atoms with Gasteiger partial charge < -0.3 is 14.2 Å². The molecular weight excluding hydrogens is 320 g/mol. The first-order chi connectivity index (χ1) is 12.1. The molecule has 3 aromatic rings. The van der Waals surface area contributed by atoms with E-state index >= 15 is 0 Å². The van der Waals surface area contributed by atoms with E-state index < -0.39 is 5.60 Å². The molecule has 0 aliphatic carbocycles. The van der Waals surface area contributed by atoms with E-state index in [2.05, 4.69) is 15.3 Å². The van der Waals surface area contributed by atoms with E-state index in [4.69, 9.17) is 4.74 Å². The number of amides is 1. The van der Waals surface area contributed by atoms with Crippen LogP contribution in [0.5, 0.6) is 0 Å². The molecule has 0 N–H and O–H groups in total. The molecule has 0 radical (unpaired) electrons. The van der Waals surface area contributed by atoms with Crippen molar-refractivity contribution < 1.29 is 9.53 Å². The summed E-state index contributed by atoms with van der Waals surface area (Å²) in [6, 6.07) is 7.36. The minimum absolute atomic E-state index is 0.0430. The molecule has 8 nitrogen and oxygen atoms in total. The number of likely N-dealkylation sites (tertiary alicyclic amines) is 1. The number of rotatable bonds is 4. The second kappa shape index (κ2) is 5.82. The molecule has 0 bridgehead atoms. The lowest BCUT2D eigenvalue weighted by Crippen LogP contribution is -2.62. The van der Waals surface area contributed by atoms with Crippen LogP contribution >= 0.6 is 0 Å². The van der Waals surface area contributed by atoms with Gasteiger partial charge in [0, 0.05) is 38.3 Å². The van der Waals surface area contributed by atoms with Gasteiger partial charge in [0.25, 0.3) is 5.91 Å². The van der Waals surface area contributed by atoms with Gasteiger partial charge in [-0.05, 0) is 24.3 Å². The molecule has 0 saturated carbocycles. The molecule has 1 saturated heterocycles. The number of pyridine rings is 1. The van der Waals surface area contributed by atoms with Crippen LogP contribution in [-0.4, -0.2) is 55.6 Å². The van der Waals surface area contributed by atoms with E-state index in [0.717, 1.165) is 5.69 Å². The minimum Gasteiger partial charge on any atom is -0.368 e. The minimum atomic E-state index is -0.551. The van der Waals surface area contributed by atoms with Crippen molar-refractivity contribution in [3.8, 4) is 5.82 Å². The summed E-state index contributed by atoms with van der Waals surface area (Å²) < 4.78 is 9.24. The molecule has 0 unspecified atom stereocenters. The summed E-state index contributed by atoms with van der Waals surface area (Å²) in [6.07, 6.45) is 7.12. The van der Waals surface area contributed by atoms with Crippen molar-refractivity contribution in [2.75, 3.05) is 20.2 Å². The molecule has 1 fully saturated rings. The second-order valence-corrected chi connectivity index (χ2v) is 6.10. The summed E-state index contributed by atoms with van der Waals surface area (Å²) >= 11 is 0. The van der Waals surface area contributed by atoms with Gasteiger partial charge in [-0.25, -0.2) is 9.67 Å². The molecule has 0 atom stereocenters. The van der Waals surface area contributed by atoms with Crippen LogP contribution in [0, 0.1) is 0 Å². The first-order valence-electron chi connectivity index (χ1n) is 7.92. The van der Waals surface area contributed by atoms with Crippen molar-refractivity contribution in [1.29, 1.82) is 0 Å². The van der Waals surface area contributed by atoms with Crippen LogP contribution < -0.4 is 0 Å². The Morgan fingerprint density at radius 1 is 1.28 bits per heavy atom. The van der Waals surface area contributed by atoms with E-state index in [0.29, 0.717) is 24.5 Å². The molecule has 1 aliphatic heterocycles. The highest BCUT2D eigenvalue weighted by atomic mass is 16.5. The molecule has 1 amide bonds. The van der Waals surface area contributed by atoms with Crippen molar-refractivity contribution in [1.82, 2.24) is 29.4 Å². The lowest BCUT2D eigenvalue weighted by molar-refractivity contribution is -0.119. The Kier molecular flexibility index (Phi) is 3.61. The highest BCUT2D eigenvalue weighted by Crippen LogP contribution is 2.35. The third-order valence-electron chi connectivity index (χ3n) is 4.61. The molecule has 0 aromatic carbocycles. The first kappa shape index (κ1) is 15.5. The van der Waals surface area contributed by atoms with Gasteiger partial charge >= 0.3 is 0 Å². The number of carbonyl (C=O) groups is 1. The molecule has 1 aliphatic rings. The molecule has 8 heteroatoms. The summed E-state index contributed by atoms with van der Waals surface area (Å²) in [6.45, 7) is 0.926. The maximum absolute atomic E-state index is 12.8. The van der Waals surface area contributed by atoms with Gasteiger partial charge in [0.1, 0.15) is 11.4 Å². The lowest BCUT2D eigenvalue weighted by Gasteiger charge is -2.48. The van der Waals surface area contributed by atoms with Crippen LogP contribution in [0.25, 0.3) is 5.82 Å². The Bertz CT molecular complexity index is 896. The molecule has 4 heterocycles. The summed E-state index contributed by atoms with van der Waals surface area (Å²) in [5, 5.41) is 7.86. The van der Waals surface area contributed by atoms with Gasteiger partial charge in [-0.3, -0.25) is 4.79 Å². The predicted molar refractivity (Wildman–Crippen MR) is 89.2 cm³/mol. The van der Waals surface area contributed by atoms with Crippen LogP contribution in [0.15, 0.2) is 49.1 Å². The fourth-order valence-electron chi connectivity index (χ4n) is 3.17. The molecule has 3 aromatic heterocycles. The number of hydrogen-bond acceptors (Lipinski definition) is 5. The Morgan fingerprint density at radius 2 is 2.04 bits per heavy atom. The number of methoxy groups -OCH3 is 1. The van der Waals surface area contributed by atoms with Crippen LogP contribution in [0.2, 0.25) is 0 Å². The van der Waals surface area contributed by atoms with Crippen molar-refractivity contribution in [2.24, 2.45) is 7.05 Å². The largest absolute Gasteiger partial charge is 0.368 e. The van der Waals surface area contributed by atoms with Crippen molar-refractivity contribution in [3.05, 3.63) is 60.3 Å². The Hall–Kier alpha value is -3.00. The monoisotopic (exact) mass is 338 g/mol. The van der Waals surface area contributed by atoms with Crippen LogP contribution in [0.4, 0.5) is 0 Å². The van der Waals surface area contributed by atoms with Crippen molar-refractivity contribution in [2.45, 2.75) is 5.60 Å². The SMILES string of the molecule is COC1(c2cnnn2C)CN(C(=O)c2ccnc(-n3cccc3)c2)C1. The topological polar surface area (TPSA) is 78.1 Å². The zero-order valence-corrected chi connectivity index (χ0v) is 14.0. The van der Waals surface area contributed by atoms with E-state index in [1.54, 1.807) is 41.2 Å². The third-order valence-corrected chi connectivity index (χ3v) is 4.61. The zero-order valence-electron chi connectivity index (χ0n) is 14.0. The average Bonchev–Trinajstić information content (AvgIpc) is 3.27. The highest BCUT2D eigenvalue weighted by Gasteiger charge is 2.49. The second-order valence-electron chi connectivity index (χ2n) is 6.10. The molecule has 25 heavy (non-hydrogen) atoms. The van der Waals surface area contributed by atoms with E-state index in [-0.39, 0.29) is 5.91 Å². The van der Waals surface area contributed by atoms with Gasteiger partial charge in [-0.2, -0.15) is 0 Å². The van der Waals surface area contributed by atoms with Crippen LogP contribution in [-0.2, 0) is 17.4 Å². The fraction of sp³-hybridized carbons (Fsp3) is 0.294. The van der Waals surface area contributed by atoms with Crippen molar-refractivity contribution in [3.63, 3.8) is 0 Å². The molecule has 4 rings (SSSR count). The van der Waals surface area contributed by atoms with E-state index in [9.17, 15) is 4.79 Å². The Labute approximate surface area is 144 Å². The molecule has 128 valence electrons. The third kappa shape index (κ3) is 2.51. The normalized spacial score (nSPS) is 15.8. The number of nitrogens with zero attached hydrogens (tertiary/aromatic N) is 6. The number of aryl methyl sites for hydroxylation is 1. The summed E-state index contributed by atoms with van der Waals surface area (Å²) in [4.78, 5) is 18.9. The van der Waals surface area contributed by atoms with Crippen LogP contribution in [0.3, 0.4) is 0 Å². The smallest absolute Gasteiger partial charge is 0.254 e. The number of hydrogen-bond donors (Lipinski definition) is 0. The zero-order chi connectivity index (χ0) is 17.4. The Morgan fingerprint density at radius 3 is 2.68 bits per heavy atom. The highest BCUT2D eigenvalue weighted by molar-refractivity contribution is 5.95. The van der Waals surface area contributed by atoms with Crippen molar-refractivity contribution >= 4 is 5.91 Å². The summed E-state index contributed by atoms with van der Waals surface area (Å²) in [5.41, 5.74) is 0.915. The van der Waals surface area contributed by atoms with Gasteiger partial charge in [0.05, 0.1) is 25.0 Å². The number of ether oxygens (including phenoxy) is 1. The fourth-order valence-corrected chi connectivity index (χ4v) is 3.17. The summed E-state index contributed by atoms with van der Waals surface area (Å²) in [7, 11) is 3.46. The maximum Gasteiger partial charge on any atom is 0.254 e. The Balaban J connectivity index is 1.54. The molecule has 0 spiro atoms. The lowest BCUT2D eigenvalue weighted by atomic mass is 9.89. The van der Waals surface area contributed by atoms with Gasteiger partial charge in [0.15, 0.2) is 0 Å².